The van der Waals surface area contributed by atoms with Gasteiger partial charge in [-0.1, -0.05) is 26.7 Å². The number of nitrogens with zero attached hydrogens (tertiary/aromatic N) is 2. The van der Waals surface area contributed by atoms with Gasteiger partial charge in [0.15, 0.2) is 0 Å². The van der Waals surface area contributed by atoms with Crippen molar-refractivity contribution >= 4 is 24.9 Å². The molecular weight excluding hydrogens is 465 g/mol. The first kappa shape index (κ1) is 30.4. The Hall–Kier alpha value is -2.84. The molecule has 1 saturated heterocycles. The van der Waals surface area contributed by atoms with Gasteiger partial charge in [-0.25, -0.2) is 4.79 Å². The average molecular weight is 512 g/mol. The summed E-state index contributed by atoms with van der Waals surface area (Å²) in [5, 5.41) is 13.4. The van der Waals surface area contributed by atoms with Crippen molar-refractivity contribution < 1.29 is 14.2 Å². The van der Waals surface area contributed by atoms with Crippen LogP contribution in [0.25, 0.3) is 0 Å². The van der Waals surface area contributed by atoms with E-state index in [-0.39, 0.29) is 17.9 Å². The Kier molecular flexibility index (Phi) is 12.1. The fourth-order valence-corrected chi connectivity index (χ4v) is 4.51. The third-order valence-electron chi connectivity index (χ3n) is 6.38. The van der Waals surface area contributed by atoms with Crippen LogP contribution in [0.5, 0.6) is 5.75 Å². The molecule has 1 atom stereocenters. The van der Waals surface area contributed by atoms with Crippen LogP contribution in [0.3, 0.4) is 0 Å². The van der Waals surface area contributed by atoms with Gasteiger partial charge in [0.2, 0.25) is 0 Å². The summed E-state index contributed by atoms with van der Waals surface area (Å²) in [5.41, 5.74) is 1.65. The third kappa shape index (κ3) is 11.0. The molecule has 37 heavy (non-hydrogen) atoms. The molecule has 1 unspecified atom stereocenters. The van der Waals surface area contributed by atoms with E-state index < -0.39 is 11.6 Å². The fraction of sp³-hybridized carbons (Fsp3) is 0.643. The predicted octanol–water partition coefficient (Wildman–Crippen LogP) is 5.11. The zero-order valence-electron chi connectivity index (χ0n) is 23.6. The number of rotatable bonds is 12. The summed E-state index contributed by atoms with van der Waals surface area (Å²) >= 11 is 0. The molecule has 0 aliphatic carbocycles. The van der Waals surface area contributed by atoms with E-state index in [0.717, 1.165) is 51.7 Å². The second-order valence-corrected chi connectivity index (χ2v) is 11.3. The van der Waals surface area contributed by atoms with Crippen LogP contribution in [0, 0.1) is 11.2 Å². The summed E-state index contributed by atoms with van der Waals surface area (Å²) in [7, 11) is 0.911. The van der Waals surface area contributed by atoms with E-state index in [4.69, 9.17) is 9.97 Å². The Balaban J connectivity index is 2.14. The van der Waals surface area contributed by atoms with Gasteiger partial charge < -0.3 is 4.90 Å². The van der Waals surface area contributed by atoms with E-state index in [1.807, 2.05) is 43.0 Å². The molecule has 1 fully saturated rings. The topological polar surface area (TPSA) is 97.8 Å². The molecular formula is C28H46BN5O3. The number of urea groups is 1. The first-order chi connectivity index (χ1) is 17.5. The Morgan fingerprint density at radius 3 is 2.30 bits per heavy atom. The number of benzene rings is 1. The monoisotopic (exact) mass is 511 g/mol. The molecule has 0 aromatic heterocycles. The number of allylic oxidation sites excluding steroid dienone is 1. The molecule has 3 amide bonds. The fourth-order valence-electron chi connectivity index (χ4n) is 4.51. The Bertz CT molecular complexity index is 905. The third-order valence-corrected chi connectivity index (χ3v) is 6.38. The van der Waals surface area contributed by atoms with Crippen molar-refractivity contribution in [1.29, 1.82) is 5.31 Å². The minimum atomic E-state index is -0.584. The van der Waals surface area contributed by atoms with Gasteiger partial charge in [-0.3, -0.25) is 0 Å². The molecule has 0 bridgehead atoms. The average Bonchev–Trinajstić information content (AvgIpc) is 3.11. The van der Waals surface area contributed by atoms with Gasteiger partial charge in [0.05, 0.1) is 0 Å². The zero-order valence-corrected chi connectivity index (χ0v) is 23.6. The van der Waals surface area contributed by atoms with Gasteiger partial charge in [0.1, 0.15) is 0 Å². The van der Waals surface area contributed by atoms with Gasteiger partial charge in [-0.15, -0.1) is 0 Å². The van der Waals surface area contributed by atoms with Gasteiger partial charge in [0, 0.05) is 13.1 Å². The number of amides is 3. The second kappa shape index (κ2) is 14.8. The molecule has 1 aromatic rings. The van der Waals surface area contributed by atoms with Crippen molar-refractivity contribution in [2.75, 3.05) is 31.1 Å². The molecule has 1 aromatic carbocycles. The van der Waals surface area contributed by atoms with E-state index >= 15 is 0 Å². The van der Waals surface area contributed by atoms with Gasteiger partial charge >= 0.3 is 156 Å². The van der Waals surface area contributed by atoms with E-state index in [0.29, 0.717) is 25.3 Å². The number of anilines is 1. The maximum absolute atomic E-state index is 13.5. The number of hydrogen-bond donors (Lipinski definition) is 3. The van der Waals surface area contributed by atoms with E-state index in [2.05, 4.69) is 49.3 Å². The van der Waals surface area contributed by atoms with E-state index in [1.54, 1.807) is 0 Å². The Labute approximate surface area is 224 Å². The van der Waals surface area contributed by atoms with Crippen molar-refractivity contribution in [2.45, 2.75) is 85.2 Å². The van der Waals surface area contributed by atoms with Crippen LogP contribution in [0.1, 0.15) is 73.6 Å². The number of hydrogen-bond acceptors (Lipinski definition) is 5. The quantitative estimate of drug-likeness (QED) is 0.268. The zero-order chi connectivity index (χ0) is 27.4. The van der Waals surface area contributed by atoms with Gasteiger partial charge in [-0.2, -0.15) is 0 Å². The first-order valence-corrected chi connectivity index (χ1v) is 13.5. The minimum absolute atomic E-state index is 0.141. The second-order valence-electron chi connectivity index (χ2n) is 11.3. The van der Waals surface area contributed by atoms with Crippen LogP contribution in [0.15, 0.2) is 35.9 Å². The van der Waals surface area contributed by atoms with Crippen LogP contribution in [-0.4, -0.2) is 61.9 Å². The summed E-state index contributed by atoms with van der Waals surface area (Å²) < 4.78 is 5.15. The number of nitrogens with one attached hydrogen (secondary N) is 3. The SMILES string of the molecule is CC(C)=CCN(CC(C)(C)NC(=O)C(CC(C)C)NC(=O)N1CCCCCC1)c1ccc(OB=N)cc1. The van der Waals surface area contributed by atoms with Crippen LogP contribution in [-0.2, 0) is 4.79 Å². The first-order valence-electron chi connectivity index (χ1n) is 13.5. The molecule has 0 radical (unpaired) electrons. The molecule has 2 rings (SSSR count). The van der Waals surface area contributed by atoms with Crippen molar-refractivity contribution in [3.63, 3.8) is 0 Å². The Morgan fingerprint density at radius 2 is 1.76 bits per heavy atom. The maximum atomic E-state index is 13.5. The van der Waals surface area contributed by atoms with Crippen molar-refractivity contribution in [3.05, 3.63) is 35.9 Å². The molecule has 8 nitrogen and oxygen atoms in total. The predicted molar refractivity (Wildman–Crippen MR) is 151 cm³/mol. The molecule has 1 aliphatic heterocycles. The summed E-state index contributed by atoms with van der Waals surface area (Å²) in [5.74, 6) is 0.711. The molecule has 1 heterocycles. The summed E-state index contributed by atoms with van der Waals surface area (Å²) in [6, 6.07) is 6.85. The molecule has 204 valence electrons. The van der Waals surface area contributed by atoms with E-state index in [9.17, 15) is 9.59 Å². The molecule has 0 saturated carbocycles. The molecule has 3 N–H and O–H groups in total. The van der Waals surface area contributed by atoms with Crippen LogP contribution in [0.2, 0.25) is 0 Å². The normalized spacial score (nSPS) is 14.7. The van der Waals surface area contributed by atoms with Crippen LogP contribution >= 0.6 is 0 Å². The number of carbonyl (C=O) groups is 2. The summed E-state index contributed by atoms with van der Waals surface area (Å²) in [6.45, 7) is 15.0. The number of likely N-dealkylation sites (tertiary alicyclic amines) is 1. The standard InChI is InChI=1S/C28H46BN5O3/c1-21(2)15-18-34(23-11-13-24(14-12-23)37-29-30)20-28(5,6)32-26(35)25(19-22(3)4)31-27(36)33-16-9-7-8-10-17-33/h11-15,22,25,30H,7-10,16-20H2,1-6H3,(H,31,36)(H,32,35). The molecule has 0 spiro atoms. The van der Waals surface area contributed by atoms with Crippen LogP contribution < -0.4 is 20.2 Å². The molecule has 9 heteroatoms. The van der Waals surface area contributed by atoms with Crippen molar-refractivity contribution in [1.82, 2.24) is 15.5 Å². The van der Waals surface area contributed by atoms with Crippen molar-refractivity contribution in [2.24, 2.45) is 5.92 Å². The van der Waals surface area contributed by atoms with Crippen LogP contribution in [0.4, 0.5) is 10.5 Å². The number of carbonyl (C=O) groups excluding carboxylic acids is 2. The summed E-state index contributed by atoms with van der Waals surface area (Å²) in [4.78, 5) is 30.5. The summed E-state index contributed by atoms with van der Waals surface area (Å²) in [6.07, 6.45) is 7.06. The Morgan fingerprint density at radius 1 is 1.14 bits per heavy atom. The van der Waals surface area contributed by atoms with E-state index in [1.165, 1.54) is 5.57 Å². The van der Waals surface area contributed by atoms with Crippen molar-refractivity contribution in [3.8, 4) is 5.75 Å². The molecule has 1 aliphatic rings. The van der Waals surface area contributed by atoms with Gasteiger partial charge in [0.25, 0.3) is 0 Å². The van der Waals surface area contributed by atoms with Gasteiger partial charge in [-0.05, 0) is 18.8 Å².